The largest absolute Gasteiger partial charge is 0.416 e. The predicted octanol–water partition coefficient (Wildman–Crippen LogP) is 10.9. The van der Waals surface area contributed by atoms with Crippen molar-refractivity contribution in [1.29, 1.82) is 0 Å². The molecule has 0 saturated heterocycles. The maximum Gasteiger partial charge on any atom is 0.416 e. The molecule has 2 N–H and O–H groups in total. The summed E-state index contributed by atoms with van der Waals surface area (Å²) in [6.07, 6.45) is -2.02. The molecule has 267 valence electrons. The fourth-order valence-corrected chi connectivity index (χ4v) is 4.99. The van der Waals surface area contributed by atoms with E-state index in [-0.39, 0.29) is 18.3 Å². The van der Waals surface area contributed by atoms with E-state index in [2.05, 4.69) is 40.8 Å². The molecule has 3 aromatic carbocycles. The minimum Gasteiger partial charge on any atom is -0.324 e. The molecule has 0 atom stereocenters. The summed E-state index contributed by atoms with van der Waals surface area (Å²) in [5.41, 5.74) is 3.14. The van der Waals surface area contributed by atoms with Gasteiger partial charge in [-0.15, -0.1) is 10.2 Å². The average molecular weight is 947 g/mol. The first-order valence-corrected chi connectivity index (χ1v) is 15.1. The molecule has 0 fully saturated rings. The van der Waals surface area contributed by atoms with Crippen LogP contribution in [-0.2, 0) is 6.18 Å². The zero-order valence-corrected chi connectivity index (χ0v) is 28.5. The number of azo groups is 1. The first-order chi connectivity index (χ1) is 23.9. The van der Waals surface area contributed by atoms with Gasteiger partial charge in [0.25, 0.3) is 0 Å². The Bertz CT molecular complexity index is 2140. The molecule has 51 heavy (non-hydrogen) atoms. The van der Waals surface area contributed by atoms with Crippen molar-refractivity contribution in [2.45, 2.75) is 25.7 Å². The van der Waals surface area contributed by atoms with Crippen LogP contribution in [0.5, 0.6) is 0 Å². The van der Waals surface area contributed by atoms with Crippen molar-refractivity contribution in [3.05, 3.63) is 138 Å². The van der Waals surface area contributed by atoms with Crippen LogP contribution in [0.25, 0.3) is 22.5 Å². The van der Waals surface area contributed by atoms with E-state index in [1.165, 1.54) is 30.6 Å². The van der Waals surface area contributed by atoms with Gasteiger partial charge in [-0.1, -0.05) is 48.0 Å². The van der Waals surface area contributed by atoms with Gasteiger partial charge in [-0.3, -0.25) is 0 Å². The van der Waals surface area contributed by atoms with Gasteiger partial charge in [0.1, 0.15) is 0 Å². The Labute approximate surface area is 282 Å². The summed E-state index contributed by atoms with van der Waals surface area (Å²) in [6.45, 7) is 1.63. The molecule has 0 bridgehead atoms. The van der Waals surface area contributed by atoms with Gasteiger partial charge >= 0.3 is 12.4 Å². The van der Waals surface area contributed by atoms with E-state index >= 15 is 0 Å². The third-order valence-corrected chi connectivity index (χ3v) is 7.36. The molecule has 2 heterocycles. The molecule has 0 aliphatic heterocycles. The molecular formula is C36H26F6LrN8. The van der Waals surface area contributed by atoms with Crippen LogP contribution in [0.15, 0.2) is 143 Å². The van der Waals surface area contributed by atoms with Gasteiger partial charge < -0.3 is 10.6 Å². The standard InChI is InChI=1S/C36H26F6N8.Lr/c1-22-20-24(36(40,41)42)12-15-26(21-22)46-34-44-19-17-30(48-34)28-7-3-5-9-32(28)50-49-31-8-4-2-6-27(31)29-16-18-43-33(47-29)45-25-13-10-23(11-14-25)35(37,38)39;/h2-19,21H,20H2,1H3,(H,43,45,47)(H,44,46,48);. The molecule has 1 aliphatic carbocycles. The van der Waals surface area contributed by atoms with Crippen molar-refractivity contribution in [3.8, 4) is 22.5 Å². The summed E-state index contributed by atoms with van der Waals surface area (Å²) >= 11 is 0. The van der Waals surface area contributed by atoms with E-state index in [9.17, 15) is 26.3 Å². The second-order valence-electron chi connectivity index (χ2n) is 11.1. The summed E-state index contributed by atoms with van der Waals surface area (Å²) in [4.78, 5) is 17.6. The number of nitrogens with one attached hydrogen (secondary N) is 2. The van der Waals surface area contributed by atoms with Crippen LogP contribution in [0.2, 0.25) is 0 Å². The van der Waals surface area contributed by atoms with Gasteiger partial charge in [-0.25, -0.2) is 19.9 Å². The van der Waals surface area contributed by atoms with Crippen LogP contribution in [-0.4, -0.2) is 26.1 Å². The van der Waals surface area contributed by atoms with Crippen LogP contribution in [0.1, 0.15) is 18.9 Å². The molecule has 1 aliphatic rings. The summed E-state index contributed by atoms with van der Waals surface area (Å²) in [7, 11) is 0. The summed E-state index contributed by atoms with van der Waals surface area (Å²) in [5.74, 6) is 0.359. The Morgan fingerprint density at radius 2 is 1.16 bits per heavy atom. The molecule has 6 rings (SSSR count). The number of alkyl halides is 6. The van der Waals surface area contributed by atoms with Gasteiger partial charge in [0, 0.05) is 40.5 Å². The minimum atomic E-state index is -4.44. The van der Waals surface area contributed by atoms with E-state index in [1.807, 2.05) is 18.2 Å². The van der Waals surface area contributed by atoms with Crippen LogP contribution < -0.4 is 10.6 Å². The Hall–Kier alpha value is -7.18. The second-order valence-corrected chi connectivity index (χ2v) is 11.1. The van der Waals surface area contributed by atoms with Crippen LogP contribution in [0.4, 0.5) is 55.3 Å². The molecule has 0 saturated carbocycles. The van der Waals surface area contributed by atoms with E-state index in [4.69, 9.17) is 0 Å². The van der Waals surface area contributed by atoms with Crippen molar-refractivity contribution >= 4 is 29.0 Å². The first kappa shape index (κ1) is 35.1. The van der Waals surface area contributed by atoms with Crippen molar-refractivity contribution < 1.29 is 26.3 Å². The Balaban J connectivity index is 0.00000504. The molecule has 0 unspecified atom stereocenters. The number of hydrogen-bond donors (Lipinski definition) is 2. The van der Waals surface area contributed by atoms with E-state index in [0.717, 1.165) is 18.2 Å². The maximum atomic E-state index is 13.3. The molecular weight excluding hydrogens is 920 g/mol. The SMILES string of the molecule is CC1=CC(Nc2nccc(-c3ccccc3N=Nc3ccccc3-c3ccnc(Nc4ccc(C(F)(F)F)cc4)n3)n2)=CC=C(C(F)(F)F)C1.[Lr]. The van der Waals surface area contributed by atoms with Crippen LogP contribution >= 0.6 is 0 Å². The van der Waals surface area contributed by atoms with Crippen LogP contribution in [0.3, 0.4) is 0 Å². The average Bonchev–Trinajstić information content (AvgIpc) is 3.28. The number of anilines is 3. The van der Waals surface area contributed by atoms with Crippen molar-refractivity contribution in [3.63, 3.8) is 0 Å². The van der Waals surface area contributed by atoms with Gasteiger partial charge in [0.2, 0.25) is 11.9 Å². The normalized spacial score (nSPS) is 13.4. The van der Waals surface area contributed by atoms with Gasteiger partial charge in [-0.05, 0) is 74.0 Å². The third kappa shape index (κ3) is 8.65. The van der Waals surface area contributed by atoms with E-state index < -0.39 is 23.5 Å². The molecule has 0 amide bonds. The summed E-state index contributed by atoms with van der Waals surface area (Å²) in [6, 6.07) is 22.2. The third-order valence-electron chi connectivity index (χ3n) is 7.36. The topological polar surface area (TPSA) is 100 Å². The number of halogens is 6. The van der Waals surface area contributed by atoms with Gasteiger partial charge in [-0.2, -0.15) is 26.3 Å². The molecule has 1 radical (unpaired) electrons. The predicted molar refractivity (Wildman–Crippen MR) is 178 cm³/mol. The zero-order valence-electron chi connectivity index (χ0n) is 26.4. The number of nitrogens with zero attached hydrogens (tertiary/aromatic N) is 6. The Morgan fingerprint density at radius 3 is 1.69 bits per heavy atom. The first-order valence-electron chi connectivity index (χ1n) is 15.1. The quantitative estimate of drug-likeness (QED) is 0.119. The molecule has 8 nitrogen and oxygen atoms in total. The number of hydrogen-bond acceptors (Lipinski definition) is 8. The summed E-state index contributed by atoms with van der Waals surface area (Å²) in [5, 5.41) is 14.9. The number of benzene rings is 3. The molecule has 5 aromatic rings. The molecule has 0 spiro atoms. The van der Waals surface area contributed by atoms with E-state index in [1.54, 1.807) is 55.5 Å². The molecule has 2 aromatic heterocycles. The Kier molecular flexibility index (Phi) is 10.0. The second kappa shape index (κ2) is 14.5. The molecule has 15 heteroatoms. The number of aromatic nitrogens is 4. The summed E-state index contributed by atoms with van der Waals surface area (Å²) < 4.78 is 78.8. The van der Waals surface area contributed by atoms with E-state index in [0.29, 0.717) is 50.8 Å². The minimum absolute atomic E-state index is 0. The monoisotopic (exact) mass is 946 g/mol. The van der Waals surface area contributed by atoms with Crippen molar-refractivity contribution in [1.82, 2.24) is 19.9 Å². The Morgan fingerprint density at radius 1 is 0.627 bits per heavy atom. The number of rotatable bonds is 8. The van der Waals surface area contributed by atoms with Crippen LogP contribution in [0, 0.1) is 0 Å². The smallest absolute Gasteiger partial charge is 0.324 e. The maximum absolute atomic E-state index is 13.3. The van der Waals surface area contributed by atoms with Gasteiger partial charge in [0.05, 0.1) is 28.3 Å². The van der Waals surface area contributed by atoms with Crippen molar-refractivity contribution in [2.24, 2.45) is 10.2 Å². The fourth-order valence-electron chi connectivity index (χ4n) is 4.99. The zero-order chi connectivity index (χ0) is 35.3. The van der Waals surface area contributed by atoms with Gasteiger partial charge in [0.15, 0.2) is 0 Å². The number of allylic oxidation sites excluding steroid dienone is 5. The fraction of sp³-hybridized carbons (Fsp3) is 0.111. The van der Waals surface area contributed by atoms with Crippen molar-refractivity contribution in [2.75, 3.05) is 10.6 Å².